The molecular weight excluding hydrogens is 248 g/mol. The van der Waals surface area contributed by atoms with Crippen molar-refractivity contribution >= 4 is 0 Å². The van der Waals surface area contributed by atoms with E-state index in [0.29, 0.717) is 12.8 Å². The second-order valence-corrected chi connectivity index (χ2v) is 3.97. The van der Waals surface area contributed by atoms with Crippen LogP contribution in [0, 0.1) is 0 Å². The Hall–Kier alpha value is -0.880. The fourth-order valence-electron chi connectivity index (χ4n) is 1.79. The van der Waals surface area contributed by atoms with Gasteiger partial charge in [-0.05, 0) is 12.8 Å². The van der Waals surface area contributed by atoms with Crippen molar-refractivity contribution in [3.05, 3.63) is 12.0 Å². The van der Waals surface area contributed by atoms with Crippen molar-refractivity contribution in [2.24, 2.45) is 0 Å². The van der Waals surface area contributed by atoms with E-state index in [9.17, 15) is 26.3 Å². The van der Waals surface area contributed by atoms with E-state index in [2.05, 4.69) is 0 Å². The summed E-state index contributed by atoms with van der Waals surface area (Å²) in [5, 5.41) is 0. The van der Waals surface area contributed by atoms with E-state index < -0.39 is 24.1 Å². The zero-order valence-electron chi connectivity index (χ0n) is 9.03. The Labute approximate surface area is 95.1 Å². The van der Waals surface area contributed by atoms with Gasteiger partial charge in [0.05, 0.1) is 0 Å². The van der Waals surface area contributed by atoms with Crippen LogP contribution in [0.2, 0.25) is 0 Å². The number of hydrogen-bond acceptors (Lipinski definition) is 1. The summed E-state index contributed by atoms with van der Waals surface area (Å²) in [5.41, 5.74) is -1.58. The molecule has 1 nitrogen and oxygen atoms in total. The van der Waals surface area contributed by atoms with Crippen molar-refractivity contribution in [3.8, 4) is 0 Å². The van der Waals surface area contributed by atoms with E-state index in [4.69, 9.17) is 0 Å². The number of alkyl halides is 5. The van der Waals surface area contributed by atoms with Gasteiger partial charge in [0.1, 0.15) is 12.0 Å². The van der Waals surface area contributed by atoms with Gasteiger partial charge in [-0.2, -0.15) is 22.0 Å². The molecule has 0 spiro atoms. The highest BCUT2D eigenvalue weighted by Crippen LogP contribution is 2.42. The molecule has 0 aromatic rings. The first-order valence-electron chi connectivity index (χ1n) is 5.31. The average Bonchev–Trinajstić information content (AvgIpc) is 2.45. The van der Waals surface area contributed by atoms with Crippen LogP contribution in [-0.2, 0) is 0 Å². The lowest BCUT2D eigenvalue weighted by molar-refractivity contribution is -0.271. The molecule has 7 heteroatoms. The van der Waals surface area contributed by atoms with Gasteiger partial charge in [0, 0.05) is 13.1 Å². The van der Waals surface area contributed by atoms with Crippen molar-refractivity contribution < 1.29 is 26.3 Å². The first-order valence-corrected chi connectivity index (χ1v) is 5.31. The highest BCUT2D eigenvalue weighted by Gasteiger charge is 2.61. The highest BCUT2D eigenvalue weighted by atomic mass is 19.4. The predicted octanol–water partition coefficient (Wildman–Crippen LogP) is 3.87. The summed E-state index contributed by atoms with van der Waals surface area (Å²) in [5.74, 6) is -5.13. The van der Waals surface area contributed by atoms with Crippen molar-refractivity contribution in [3.63, 3.8) is 0 Å². The molecule has 0 saturated carbocycles. The van der Waals surface area contributed by atoms with E-state index in [1.165, 1.54) is 0 Å². The molecule has 0 aromatic heterocycles. The lowest BCUT2D eigenvalue weighted by Crippen LogP contribution is -2.45. The van der Waals surface area contributed by atoms with Gasteiger partial charge < -0.3 is 4.90 Å². The Morgan fingerprint density at radius 3 is 1.71 bits per heavy atom. The van der Waals surface area contributed by atoms with Gasteiger partial charge in [0.25, 0.3) is 0 Å². The van der Waals surface area contributed by atoms with E-state index in [1.807, 2.05) is 0 Å². The molecule has 1 aliphatic heterocycles. The first kappa shape index (κ1) is 14.2. The summed E-state index contributed by atoms with van der Waals surface area (Å²) in [6.07, 6.45) is -3.89. The SMILES string of the molecule is F/C=C(/N1CCCCCC1)C(F)(F)C(F)(F)F. The Bertz CT molecular complexity index is 275. The smallest absolute Gasteiger partial charge is 0.368 e. The quantitative estimate of drug-likeness (QED) is 0.682. The predicted molar refractivity (Wildman–Crippen MR) is 50.2 cm³/mol. The Morgan fingerprint density at radius 1 is 0.882 bits per heavy atom. The second kappa shape index (κ2) is 5.18. The molecule has 0 amide bonds. The second-order valence-electron chi connectivity index (χ2n) is 3.97. The minimum atomic E-state index is -5.77. The molecule has 0 bridgehead atoms. The number of rotatable bonds is 2. The monoisotopic (exact) mass is 261 g/mol. The van der Waals surface area contributed by atoms with Crippen LogP contribution in [-0.4, -0.2) is 30.1 Å². The molecular formula is C10H13F6N. The highest BCUT2D eigenvalue weighted by molar-refractivity contribution is 5.12. The van der Waals surface area contributed by atoms with Gasteiger partial charge in [-0.25, -0.2) is 4.39 Å². The number of likely N-dealkylation sites (tertiary alicyclic amines) is 1. The third kappa shape index (κ3) is 3.07. The topological polar surface area (TPSA) is 3.24 Å². The maximum absolute atomic E-state index is 13.0. The summed E-state index contributed by atoms with van der Waals surface area (Å²) in [6, 6.07) is 0. The van der Waals surface area contributed by atoms with Crippen LogP contribution in [0.25, 0.3) is 0 Å². The molecule has 0 radical (unpaired) electrons. The molecule has 1 saturated heterocycles. The van der Waals surface area contributed by atoms with Gasteiger partial charge in [0.2, 0.25) is 0 Å². The maximum Gasteiger partial charge on any atom is 0.459 e. The van der Waals surface area contributed by atoms with E-state index in [1.54, 1.807) is 0 Å². The lowest BCUT2D eigenvalue weighted by Gasteiger charge is -2.31. The summed E-state index contributed by atoms with van der Waals surface area (Å²) in [7, 11) is 0. The molecule has 0 aromatic carbocycles. The van der Waals surface area contributed by atoms with Crippen LogP contribution in [0.5, 0.6) is 0 Å². The largest absolute Gasteiger partial charge is 0.459 e. The molecule has 1 rings (SSSR count). The Morgan fingerprint density at radius 2 is 1.35 bits per heavy atom. The van der Waals surface area contributed by atoms with Gasteiger partial charge in [0.15, 0.2) is 0 Å². The van der Waals surface area contributed by atoms with Gasteiger partial charge in [-0.3, -0.25) is 0 Å². The summed E-state index contributed by atoms with van der Waals surface area (Å²) < 4.78 is 74.9. The van der Waals surface area contributed by atoms with Crippen LogP contribution >= 0.6 is 0 Å². The molecule has 17 heavy (non-hydrogen) atoms. The third-order valence-electron chi connectivity index (χ3n) is 2.73. The molecule has 0 atom stereocenters. The number of hydrogen-bond donors (Lipinski definition) is 0. The molecule has 100 valence electrons. The van der Waals surface area contributed by atoms with Crippen LogP contribution in [0.1, 0.15) is 25.7 Å². The van der Waals surface area contributed by atoms with E-state index in [-0.39, 0.29) is 13.1 Å². The molecule has 1 heterocycles. The van der Waals surface area contributed by atoms with Crippen LogP contribution in [0.4, 0.5) is 26.3 Å². The standard InChI is InChI=1S/C10H13F6N/c11-7-8(9(12,13)10(14,15)16)17-5-3-1-2-4-6-17/h7H,1-6H2/b8-7+. The summed E-state index contributed by atoms with van der Waals surface area (Å²) in [6.45, 7) is 0.0584. The van der Waals surface area contributed by atoms with E-state index in [0.717, 1.165) is 17.7 Å². The minimum Gasteiger partial charge on any atom is -0.368 e. The van der Waals surface area contributed by atoms with Crippen LogP contribution < -0.4 is 0 Å². The zero-order valence-corrected chi connectivity index (χ0v) is 9.03. The maximum atomic E-state index is 13.0. The van der Waals surface area contributed by atoms with E-state index >= 15 is 0 Å². The number of halogens is 6. The molecule has 0 unspecified atom stereocenters. The van der Waals surface area contributed by atoms with Gasteiger partial charge in [-0.15, -0.1) is 0 Å². The van der Waals surface area contributed by atoms with Gasteiger partial charge in [-0.1, -0.05) is 12.8 Å². The third-order valence-corrected chi connectivity index (χ3v) is 2.73. The molecule has 0 N–H and O–H groups in total. The number of allylic oxidation sites excluding steroid dienone is 1. The van der Waals surface area contributed by atoms with Crippen LogP contribution in [0.15, 0.2) is 12.0 Å². The summed E-state index contributed by atoms with van der Waals surface area (Å²) >= 11 is 0. The normalized spacial score (nSPS) is 20.4. The lowest BCUT2D eigenvalue weighted by atomic mass is 10.2. The minimum absolute atomic E-state index is 0.0292. The fourth-order valence-corrected chi connectivity index (χ4v) is 1.79. The Balaban J connectivity index is 2.91. The van der Waals surface area contributed by atoms with Crippen molar-refractivity contribution in [1.29, 1.82) is 0 Å². The van der Waals surface area contributed by atoms with Crippen molar-refractivity contribution in [1.82, 2.24) is 4.90 Å². The van der Waals surface area contributed by atoms with Crippen molar-refractivity contribution in [2.45, 2.75) is 37.8 Å². The first-order chi connectivity index (χ1) is 7.80. The van der Waals surface area contributed by atoms with Crippen LogP contribution in [0.3, 0.4) is 0 Å². The average molecular weight is 261 g/mol. The fraction of sp³-hybridized carbons (Fsp3) is 0.800. The molecule has 0 aliphatic carbocycles. The zero-order chi connectivity index (χ0) is 13.1. The van der Waals surface area contributed by atoms with Crippen molar-refractivity contribution in [2.75, 3.05) is 13.1 Å². The summed E-state index contributed by atoms with van der Waals surface area (Å²) in [4.78, 5) is 0.792. The molecule has 1 aliphatic rings. The van der Waals surface area contributed by atoms with Gasteiger partial charge >= 0.3 is 12.1 Å². The number of nitrogens with zero attached hydrogens (tertiary/aromatic N) is 1. The Kier molecular flexibility index (Phi) is 4.32. The molecule has 1 fully saturated rings.